The number of sulfonamides is 1. The molecule has 0 amide bonds. The minimum absolute atomic E-state index is 0.000109. The van der Waals surface area contributed by atoms with Crippen molar-refractivity contribution in [2.24, 2.45) is 0 Å². The lowest BCUT2D eigenvalue weighted by Gasteiger charge is -2.14. The van der Waals surface area contributed by atoms with E-state index in [-0.39, 0.29) is 28.0 Å². The average molecular weight is 408 g/mol. The molecule has 1 heterocycles. The Morgan fingerprint density at radius 3 is 2.00 bits per heavy atom. The molecule has 0 radical (unpaired) electrons. The van der Waals surface area contributed by atoms with Gasteiger partial charge in [-0.05, 0) is 36.4 Å². The molecule has 0 saturated heterocycles. The van der Waals surface area contributed by atoms with Crippen molar-refractivity contribution in [2.75, 3.05) is 10.0 Å². The molecule has 9 heteroatoms. The number of phenols is 2. The summed E-state index contributed by atoms with van der Waals surface area (Å²) in [5.74, 6) is -0.450. The SMILES string of the molecule is O=S(=O)(Nc1nc2ccccc2nc1Nc1ccc(O)c(O)c1)c1ccccc1. The number of anilines is 3. The summed E-state index contributed by atoms with van der Waals surface area (Å²) < 4.78 is 28.0. The number of para-hydroxylation sites is 2. The molecule has 4 rings (SSSR count). The molecule has 1 aromatic heterocycles. The van der Waals surface area contributed by atoms with Crippen molar-refractivity contribution in [1.29, 1.82) is 0 Å². The first-order chi connectivity index (χ1) is 13.9. The largest absolute Gasteiger partial charge is 0.504 e. The van der Waals surface area contributed by atoms with Crippen molar-refractivity contribution in [3.63, 3.8) is 0 Å². The van der Waals surface area contributed by atoms with E-state index < -0.39 is 10.0 Å². The van der Waals surface area contributed by atoms with Crippen molar-refractivity contribution < 1.29 is 18.6 Å². The molecule has 0 spiro atoms. The van der Waals surface area contributed by atoms with Gasteiger partial charge in [0.2, 0.25) is 0 Å². The van der Waals surface area contributed by atoms with Gasteiger partial charge in [0.05, 0.1) is 15.9 Å². The number of hydrogen-bond acceptors (Lipinski definition) is 7. The monoisotopic (exact) mass is 408 g/mol. The molecule has 0 fully saturated rings. The van der Waals surface area contributed by atoms with Gasteiger partial charge in [-0.25, -0.2) is 18.4 Å². The van der Waals surface area contributed by atoms with Crippen LogP contribution in [0.2, 0.25) is 0 Å². The molecular formula is C20H16N4O4S. The number of aromatic nitrogens is 2. The zero-order valence-electron chi connectivity index (χ0n) is 14.9. The first-order valence-corrected chi connectivity index (χ1v) is 10.0. The fourth-order valence-electron chi connectivity index (χ4n) is 2.68. The fourth-order valence-corrected chi connectivity index (χ4v) is 3.71. The molecule has 0 aliphatic carbocycles. The zero-order chi connectivity index (χ0) is 20.4. The van der Waals surface area contributed by atoms with Crippen molar-refractivity contribution in [2.45, 2.75) is 4.90 Å². The zero-order valence-corrected chi connectivity index (χ0v) is 15.8. The summed E-state index contributed by atoms with van der Waals surface area (Å²) in [5, 5.41) is 22.1. The first kappa shape index (κ1) is 18.5. The predicted molar refractivity (Wildman–Crippen MR) is 110 cm³/mol. The summed E-state index contributed by atoms with van der Waals surface area (Å²) >= 11 is 0. The fraction of sp³-hybridized carbons (Fsp3) is 0. The predicted octanol–water partition coefficient (Wildman–Crippen LogP) is 3.59. The molecule has 4 aromatic rings. The van der Waals surface area contributed by atoms with Crippen LogP contribution < -0.4 is 10.0 Å². The Kier molecular flexibility index (Phi) is 4.65. The van der Waals surface area contributed by atoms with Crippen LogP contribution in [-0.2, 0) is 10.0 Å². The highest BCUT2D eigenvalue weighted by molar-refractivity contribution is 7.92. The number of aromatic hydroxyl groups is 2. The standard InChI is InChI=1S/C20H16N4O4S/c25-17-11-10-13(12-18(17)26)21-19-20(23-16-9-5-4-8-15(16)22-19)24-29(27,28)14-6-2-1-3-7-14/h1-12,25-26H,(H,21,22)(H,23,24). The van der Waals surface area contributed by atoms with E-state index in [1.54, 1.807) is 42.5 Å². The Balaban J connectivity index is 1.79. The summed E-state index contributed by atoms with van der Waals surface area (Å²) in [7, 11) is -3.89. The summed E-state index contributed by atoms with van der Waals surface area (Å²) in [5.41, 5.74) is 1.46. The Bertz CT molecular complexity index is 1290. The van der Waals surface area contributed by atoms with Crippen molar-refractivity contribution in [3.05, 3.63) is 72.8 Å². The second-order valence-corrected chi connectivity index (χ2v) is 7.84. The number of hydrogen-bond donors (Lipinski definition) is 4. The summed E-state index contributed by atoms with van der Waals surface area (Å²) in [4.78, 5) is 8.94. The molecule has 0 bridgehead atoms. The van der Waals surface area contributed by atoms with Gasteiger partial charge in [-0.2, -0.15) is 0 Å². The average Bonchev–Trinajstić information content (AvgIpc) is 2.71. The maximum Gasteiger partial charge on any atom is 0.263 e. The molecule has 0 atom stereocenters. The molecule has 29 heavy (non-hydrogen) atoms. The second kappa shape index (κ2) is 7.28. The number of nitrogens with one attached hydrogen (secondary N) is 2. The maximum absolute atomic E-state index is 12.8. The quantitative estimate of drug-likeness (QED) is 0.294. The molecule has 3 aromatic carbocycles. The number of rotatable bonds is 5. The van der Waals surface area contributed by atoms with Gasteiger partial charge in [0.1, 0.15) is 0 Å². The highest BCUT2D eigenvalue weighted by Crippen LogP contribution is 2.31. The van der Waals surface area contributed by atoms with Crippen LogP contribution >= 0.6 is 0 Å². The van der Waals surface area contributed by atoms with Gasteiger partial charge in [0.15, 0.2) is 23.1 Å². The van der Waals surface area contributed by atoms with E-state index in [2.05, 4.69) is 20.0 Å². The molecule has 146 valence electrons. The minimum Gasteiger partial charge on any atom is -0.504 e. The maximum atomic E-state index is 12.8. The van der Waals surface area contributed by atoms with Gasteiger partial charge in [0.25, 0.3) is 10.0 Å². The molecule has 0 unspecified atom stereocenters. The lowest BCUT2D eigenvalue weighted by atomic mass is 10.2. The van der Waals surface area contributed by atoms with E-state index in [1.807, 2.05) is 0 Å². The van der Waals surface area contributed by atoms with Gasteiger partial charge in [-0.15, -0.1) is 0 Å². The van der Waals surface area contributed by atoms with Crippen LogP contribution in [0, 0.1) is 0 Å². The first-order valence-electron chi connectivity index (χ1n) is 8.56. The third-order valence-corrected chi connectivity index (χ3v) is 5.45. The Morgan fingerprint density at radius 2 is 1.34 bits per heavy atom. The van der Waals surface area contributed by atoms with Crippen LogP contribution in [0.5, 0.6) is 11.5 Å². The van der Waals surface area contributed by atoms with Crippen molar-refractivity contribution in [3.8, 4) is 11.5 Å². The molecular weight excluding hydrogens is 392 g/mol. The Labute approximate surface area is 166 Å². The number of fused-ring (bicyclic) bond motifs is 1. The molecule has 0 aliphatic rings. The van der Waals surface area contributed by atoms with Crippen LogP contribution in [0.1, 0.15) is 0 Å². The van der Waals surface area contributed by atoms with Crippen molar-refractivity contribution >= 4 is 38.4 Å². The second-order valence-electron chi connectivity index (χ2n) is 6.16. The Morgan fingerprint density at radius 1 is 0.724 bits per heavy atom. The van der Waals surface area contributed by atoms with Gasteiger partial charge in [-0.3, -0.25) is 4.72 Å². The third kappa shape index (κ3) is 3.90. The van der Waals surface area contributed by atoms with Crippen LogP contribution in [0.3, 0.4) is 0 Å². The number of nitrogens with zero attached hydrogens (tertiary/aromatic N) is 2. The highest BCUT2D eigenvalue weighted by atomic mass is 32.2. The lowest BCUT2D eigenvalue weighted by molar-refractivity contribution is 0.404. The van der Waals surface area contributed by atoms with Crippen molar-refractivity contribution in [1.82, 2.24) is 9.97 Å². The van der Waals surface area contributed by atoms with E-state index in [1.165, 1.54) is 30.3 Å². The summed E-state index contributed by atoms with van der Waals surface area (Å²) in [6, 6.07) is 19.1. The summed E-state index contributed by atoms with van der Waals surface area (Å²) in [6.07, 6.45) is 0. The third-order valence-electron chi connectivity index (χ3n) is 4.09. The van der Waals surface area contributed by atoms with E-state index in [4.69, 9.17) is 0 Å². The normalized spacial score (nSPS) is 11.3. The molecule has 8 nitrogen and oxygen atoms in total. The van der Waals surface area contributed by atoms with Crippen LogP contribution in [-0.4, -0.2) is 28.6 Å². The molecule has 0 saturated carbocycles. The van der Waals surface area contributed by atoms with E-state index >= 15 is 0 Å². The van der Waals surface area contributed by atoms with E-state index in [9.17, 15) is 18.6 Å². The van der Waals surface area contributed by atoms with Gasteiger partial charge < -0.3 is 15.5 Å². The van der Waals surface area contributed by atoms with Crippen LogP contribution in [0.15, 0.2) is 77.7 Å². The van der Waals surface area contributed by atoms with Crippen LogP contribution in [0.25, 0.3) is 11.0 Å². The number of phenolic OH excluding ortho intramolecular Hbond substituents is 2. The van der Waals surface area contributed by atoms with E-state index in [0.717, 1.165) is 0 Å². The van der Waals surface area contributed by atoms with Gasteiger partial charge in [-0.1, -0.05) is 30.3 Å². The topological polar surface area (TPSA) is 124 Å². The van der Waals surface area contributed by atoms with E-state index in [0.29, 0.717) is 16.7 Å². The van der Waals surface area contributed by atoms with Gasteiger partial charge in [0, 0.05) is 11.8 Å². The molecule has 0 aliphatic heterocycles. The van der Waals surface area contributed by atoms with Crippen LogP contribution in [0.4, 0.5) is 17.3 Å². The number of benzene rings is 3. The lowest BCUT2D eigenvalue weighted by Crippen LogP contribution is -2.16. The smallest absolute Gasteiger partial charge is 0.263 e. The Hall–Kier alpha value is -3.85. The molecule has 4 N–H and O–H groups in total. The highest BCUT2D eigenvalue weighted by Gasteiger charge is 2.19. The summed E-state index contributed by atoms with van der Waals surface area (Å²) in [6.45, 7) is 0. The minimum atomic E-state index is -3.89. The van der Waals surface area contributed by atoms with Gasteiger partial charge >= 0.3 is 0 Å².